The molecule has 1 heterocycles. The lowest BCUT2D eigenvalue weighted by Crippen LogP contribution is -2.56. The SMILES string of the molecule is COc1ccc(CNC(=O)C(C)(C)C(=O)N2CCN(C(C)=O)CC2)cc1OC. The number of hydrogen-bond donors (Lipinski definition) is 1. The minimum absolute atomic E-state index is 0.000906. The summed E-state index contributed by atoms with van der Waals surface area (Å²) in [6, 6.07) is 5.39. The highest BCUT2D eigenvalue weighted by Gasteiger charge is 2.40. The first-order valence-electron chi connectivity index (χ1n) is 9.24. The fraction of sp³-hybridized carbons (Fsp3) is 0.550. The lowest BCUT2D eigenvalue weighted by molar-refractivity contribution is -0.151. The molecule has 0 bridgehead atoms. The minimum atomic E-state index is -1.20. The van der Waals surface area contributed by atoms with Crippen molar-refractivity contribution < 1.29 is 23.9 Å². The summed E-state index contributed by atoms with van der Waals surface area (Å²) < 4.78 is 10.5. The zero-order valence-electron chi connectivity index (χ0n) is 17.2. The topological polar surface area (TPSA) is 88.2 Å². The van der Waals surface area contributed by atoms with Crippen molar-refractivity contribution in [3.63, 3.8) is 0 Å². The zero-order chi connectivity index (χ0) is 20.9. The van der Waals surface area contributed by atoms with E-state index >= 15 is 0 Å². The number of benzene rings is 1. The lowest BCUT2D eigenvalue weighted by Gasteiger charge is -2.37. The maximum atomic E-state index is 12.9. The molecule has 8 nitrogen and oxygen atoms in total. The van der Waals surface area contributed by atoms with Gasteiger partial charge in [0.2, 0.25) is 17.7 Å². The van der Waals surface area contributed by atoms with Crippen molar-refractivity contribution in [1.82, 2.24) is 15.1 Å². The van der Waals surface area contributed by atoms with Crippen molar-refractivity contribution in [2.24, 2.45) is 5.41 Å². The van der Waals surface area contributed by atoms with Crippen molar-refractivity contribution in [3.05, 3.63) is 23.8 Å². The number of piperazine rings is 1. The molecule has 0 saturated carbocycles. The van der Waals surface area contributed by atoms with Crippen molar-refractivity contribution >= 4 is 17.7 Å². The zero-order valence-corrected chi connectivity index (χ0v) is 17.2. The Morgan fingerprint density at radius 3 is 2.11 bits per heavy atom. The Hall–Kier alpha value is -2.77. The van der Waals surface area contributed by atoms with E-state index in [1.807, 2.05) is 6.07 Å². The normalized spacial score (nSPS) is 14.5. The Balaban J connectivity index is 1.97. The predicted molar refractivity (Wildman–Crippen MR) is 104 cm³/mol. The Labute approximate surface area is 165 Å². The van der Waals surface area contributed by atoms with Gasteiger partial charge in [0.05, 0.1) is 14.2 Å². The van der Waals surface area contributed by atoms with Gasteiger partial charge in [-0.2, -0.15) is 0 Å². The van der Waals surface area contributed by atoms with E-state index in [9.17, 15) is 14.4 Å². The monoisotopic (exact) mass is 391 g/mol. The third-order valence-electron chi connectivity index (χ3n) is 5.02. The van der Waals surface area contributed by atoms with E-state index in [0.29, 0.717) is 37.7 Å². The van der Waals surface area contributed by atoms with Crippen LogP contribution in [0, 0.1) is 5.41 Å². The molecule has 3 amide bonds. The molecule has 2 rings (SSSR count). The fourth-order valence-electron chi connectivity index (χ4n) is 3.11. The first-order chi connectivity index (χ1) is 13.2. The second-order valence-electron chi connectivity index (χ2n) is 7.30. The van der Waals surface area contributed by atoms with Gasteiger partial charge < -0.3 is 24.6 Å². The molecular formula is C20H29N3O5. The Morgan fingerprint density at radius 1 is 1.00 bits per heavy atom. The highest BCUT2D eigenvalue weighted by Crippen LogP contribution is 2.27. The first-order valence-corrected chi connectivity index (χ1v) is 9.24. The molecule has 0 spiro atoms. The number of carbonyl (C=O) groups excluding carboxylic acids is 3. The van der Waals surface area contributed by atoms with E-state index in [-0.39, 0.29) is 24.3 Å². The van der Waals surface area contributed by atoms with Crippen molar-refractivity contribution in [3.8, 4) is 11.5 Å². The van der Waals surface area contributed by atoms with Gasteiger partial charge in [-0.1, -0.05) is 6.07 Å². The average molecular weight is 391 g/mol. The number of hydrogen-bond acceptors (Lipinski definition) is 5. The number of carbonyl (C=O) groups is 3. The van der Waals surface area contributed by atoms with E-state index < -0.39 is 5.41 Å². The van der Waals surface area contributed by atoms with E-state index in [1.165, 1.54) is 6.92 Å². The molecule has 154 valence electrons. The average Bonchev–Trinajstić information content (AvgIpc) is 2.70. The smallest absolute Gasteiger partial charge is 0.237 e. The number of methoxy groups -OCH3 is 2. The van der Waals surface area contributed by atoms with Crippen LogP contribution in [0.4, 0.5) is 0 Å². The van der Waals surface area contributed by atoms with Crippen LogP contribution in [0.15, 0.2) is 18.2 Å². The molecule has 1 aromatic rings. The quantitative estimate of drug-likeness (QED) is 0.732. The molecule has 1 aliphatic rings. The third-order valence-corrected chi connectivity index (χ3v) is 5.02. The van der Waals surface area contributed by atoms with Crippen LogP contribution in [0.2, 0.25) is 0 Å². The third kappa shape index (κ3) is 4.74. The van der Waals surface area contributed by atoms with Crippen LogP contribution in [0.25, 0.3) is 0 Å². The summed E-state index contributed by atoms with van der Waals surface area (Å²) in [6.07, 6.45) is 0. The molecule has 1 aromatic carbocycles. The summed E-state index contributed by atoms with van der Waals surface area (Å²) in [5, 5.41) is 2.83. The Morgan fingerprint density at radius 2 is 1.57 bits per heavy atom. The highest BCUT2D eigenvalue weighted by atomic mass is 16.5. The Kier molecular flexibility index (Phi) is 6.88. The maximum Gasteiger partial charge on any atom is 0.237 e. The maximum absolute atomic E-state index is 12.9. The molecule has 0 aromatic heterocycles. The minimum Gasteiger partial charge on any atom is -0.493 e. The molecule has 0 unspecified atom stereocenters. The summed E-state index contributed by atoms with van der Waals surface area (Å²) in [6.45, 7) is 6.88. The van der Waals surface area contributed by atoms with Gasteiger partial charge in [-0.3, -0.25) is 14.4 Å². The summed E-state index contributed by atoms with van der Waals surface area (Å²) >= 11 is 0. The van der Waals surface area contributed by atoms with Gasteiger partial charge in [0.1, 0.15) is 5.41 Å². The van der Waals surface area contributed by atoms with Gasteiger partial charge in [0, 0.05) is 39.6 Å². The van der Waals surface area contributed by atoms with Crippen LogP contribution in [0.5, 0.6) is 11.5 Å². The molecule has 0 atom stereocenters. The predicted octanol–water partition coefficient (Wildman–Crippen LogP) is 1.04. The second-order valence-corrected chi connectivity index (χ2v) is 7.30. The summed E-state index contributed by atoms with van der Waals surface area (Å²) in [4.78, 5) is 40.3. The number of rotatable bonds is 6. The number of ether oxygens (including phenoxy) is 2. The molecule has 0 aliphatic carbocycles. The van der Waals surface area contributed by atoms with Gasteiger partial charge >= 0.3 is 0 Å². The van der Waals surface area contributed by atoms with Gasteiger partial charge in [0.15, 0.2) is 11.5 Å². The van der Waals surface area contributed by atoms with Crippen LogP contribution in [-0.2, 0) is 20.9 Å². The lowest BCUT2D eigenvalue weighted by atomic mass is 9.89. The molecule has 1 N–H and O–H groups in total. The number of nitrogens with one attached hydrogen (secondary N) is 1. The molecule has 8 heteroatoms. The van der Waals surface area contributed by atoms with E-state index in [1.54, 1.807) is 50.0 Å². The van der Waals surface area contributed by atoms with Gasteiger partial charge in [-0.25, -0.2) is 0 Å². The fourth-order valence-corrected chi connectivity index (χ4v) is 3.11. The molecule has 1 fully saturated rings. The van der Waals surface area contributed by atoms with E-state index in [4.69, 9.17) is 9.47 Å². The number of amides is 3. The van der Waals surface area contributed by atoms with Gasteiger partial charge in [0.25, 0.3) is 0 Å². The van der Waals surface area contributed by atoms with Gasteiger partial charge in [-0.05, 0) is 31.5 Å². The van der Waals surface area contributed by atoms with Crippen LogP contribution >= 0.6 is 0 Å². The Bertz CT molecular complexity index is 739. The van der Waals surface area contributed by atoms with Crippen LogP contribution in [0.3, 0.4) is 0 Å². The number of nitrogens with zero attached hydrogens (tertiary/aromatic N) is 2. The highest BCUT2D eigenvalue weighted by molar-refractivity contribution is 6.04. The molecule has 1 aliphatic heterocycles. The standard InChI is InChI=1S/C20H29N3O5/c1-14(24)22-8-10-23(11-9-22)19(26)20(2,3)18(25)21-13-15-6-7-16(27-4)17(12-15)28-5/h6-7,12H,8-11,13H2,1-5H3,(H,21,25). The van der Waals surface area contributed by atoms with Gasteiger partial charge in [-0.15, -0.1) is 0 Å². The van der Waals surface area contributed by atoms with Crippen LogP contribution < -0.4 is 14.8 Å². The molecule has 28 heavy (non-hydrogen) atoms. The van der Waals surface area contributed by atoms with Crippen LogP contribution in [-0.4, -0.2) is 67.9 Å². The van der Waals surface area contributed by atoms with Crippen molar-refractivity contribution in [2.45, 2.75) is 27.3 Å². The van der Waals surface area contributed by atoms with E-state index in [0.717, 1.165) is 5.56 Å². The molecule has 1 saturated heterocycles. The largest absolute Gasteiger partial charge is 0.493 e. The van der Waals surface area contributed by atoms with Crippen molar-refractivity contribution in [2.75, 3.05) is 40.4 Å². The first kappa shape index (κ1) is 21.5. The van der Waals surface area contributed by atoms with Crippen LogP contribution in [0.1, 0.15) is 26.3 Å². The summed E-state index contributed by atoms with van der Waals surface area (Å²) in [5.41, 5.74) is -0.362. The van der Waals surface area contributed by atoms with E-state index in [2.05, 4.69) is 5.32 Å². The molecule has 0 radical (unpaired) electrons. The molecular weight excluding hydrogens is 362 g/mol. The van der Waals surface area contributed by atoms with Crippen molar-refractivity contribution in [1.29, 1.82) is 0 Å². The summed E-state index contributed by atoms with van der Waals surface area (Å²) in [5.74, 6) is 0.603. The summed E-state index contributed by atoms with van der Waals surface area (Å²) in [7, 11) is 3.11. The second kappa shape index (κ2) is 8.95.